The molecule has 1 unspecified atom stereocenters. The number of hydrogen-bond acceptors (Lipinski definition) is 6. The number of fused-ring (bicyclic) bond motifs is 1. The predicted molar refractivity (Wildman–Crippen MR) is 219 cm³/mol. The van der Waals surface area contributed by atoms with Crippen molar-refractivity contribution in [3.63, 3.8) is 0 Å². The third-order valence-corrected chi connectivity index (χ3v) is 9.12. The van der Waals surface area contributed by atoms with Crippen LogP contribution in [0.3, 0.4) is 0 Å². The van der Waals surface area contributed by atoms with Gasteiger partial charge in [-0.1, -0.05) is 51.1 Å². The molecule has 2 aromatic carbocycles. The third kappa shape index (κ3) is 12.5. The van der Waals surface area contributed by atoms with Gasteiger partial charge in [-0.25, -0.2) is 9.37 Å². The number of aryl methyl sites for hydroxylation is 3. The van der Waals surface area contributed by atoms with Crippen molar-refractivity contribution in [1.29, 1.82) is 0 Å². The summed E-state index contributed by atoms with van der Waals surface area (Å²) in [6, 6.07) is 15.0. The first-order valence-electron chi connectivity index (χ1n) is 17.4. The van der Waals surface area contributed by atoms with Crippen LogP contribution in [0.4, 0.5) is 10.1 Å². The summed E-state index contributed by atoms with van der Waals surface area (Å²) in [5.41, 5.74) is 11.3. The van der Waals surface area contributed by atoms with E-state index in [1.165, 1.54) is 24.6 Å². The van der Waals surface area contributed by atoms with Crippen LogP contribution in [0, 0.1) is 32.5 Å². The van der Waals surface area contributed by atoms with E-state index in [9.17, 15) is 4.39 Å². The van der Waals surface area contributed by atoms with Crippen molar-refractivity contribution < 1.29 is 66.0 Å². The topological polar surface area (TPSA) is 123 Å². The van der Waals surface area contributed by atoms with E-state index in [1.807, 2.05) is 32.9 Å². The van der Waals surface area contributed by atoms with Crippen molar-refractivity contribution >= 4 is 28.7 Å². The summed E-state index contributed by atoms with van der Waals surface area (Å²) >= 11 is 6.72. The molecule has 3 heterocycles. The number of nitrogens with zero attached hydrogens (tertiary/aromatic N) is 3. The van der Waals surface area contributed by atoms with E-state index in [2.05, 4.69) is 82.2 Å². The van der Waals surface area contributed by atoms with Crippen LogP contribution in [-0.4, -0.2) is 34.3 Å². The molecule has 280 valence electrons. The summed E-state index contributed by atoms with van der Waals surface area (Å²) < 4.78 is 20.6. The van der Waals surface area contributed by atoms with Gasteiger partial charge < -0.3 is 21.7 Å². The second-order valence-electron chi connectivity index (χ2n) is 11.9. The van der Waals surface area contributed by atoms with E-state index in [4.69, 9.17) is 26.3 Å². The minimum atomic E-state index is -0.288. The molecule has 7 nitrogen and oxygen atoms in total. The number of benzene rings is 2. The third-order valence-electron chi connectivity index (χ3n) is 8.64. The van der Waals surface area contributed by atoms with Gasteiger partial charge in [0.25, 0.3) is 0 Å². The van der Waals surface area contributed by atoms with E-state index in [1.54, 1.807) is 18.3 Å². The summed E-state index contributed by atoms with van der Waals surface area (Å²) in [6.45, 7) is 29.7. The maximum atomic E-state index is 14.6. The van der Waals surface area contributed by atoms with Crippen LogP contribution < -0.4 is 61.4 Å². The van der Waals surface area contributed by atoms with Gasteiger partial charge >= 0.3 is 51.4 Å². The maximum absolute atomic E-state index is 14.6. The second-order valence-corrected chi connectivity index (χ2v) is 12.3. The molecule has 10 heteroatoms. The molecule has 4 aromatic rings. The molecule has 1 saturated carbocycles. The van der Waals surface area contributed by atoms with E-state index in [0.29, 0.717) is 29.8 Å². The Morgan fingerprint density at radius 1 is 1.04 bits per heavy atom. The fourth-order valence-electron chi connectivity index (χ4n) is 6.08. The van der Waals surface area contributed by atoms with Crippen molar-refractivity contribution in [3.05, 3.63) is 144 Å². The van der Waals surface area contributed by atoms with Crippen molar-refractivity contribution in [3.8, 4) is 17.0 Å². The zero-order chi connectivity index (χ0) is 37.0. The van der Waals surface area contributed by atoms with Gasteiger partial charge in [0.05, 0.1) is 28.7 Å². The minimum Gasteiger partial charge on any atom is -0.870 e. The molecule has 1 aliphatic carbocycles. The molecular formula is C43H55ClFKN5O2-. The van der Waals surface area contributed by atoms with Crippen molar-refractivity contribution in [2.24, 2.45) is 10.9 Å². The molecule has 1 fully saturated rings. The standard InChI is InChI=1S/C37H38ClFN4O.C2H6.2C2H4.K.H2N.H2O/c1-6-32(25-10-11-25)42-35-21(2)16-28(17-22(35)3)23(4)41-20-31(26-8-7-9-29(39)18-26)33-19-27-13-15-44-37(27)36(43-33)30-12-14-40-24(5)34(30)38;3*1-2;;;/h7-9,12,14,16-19,25,31,41H,4,6,10-11,13,15,20H2,1-3,5H3;1-2H3;2*1-2H2;;2*1H2/q;;;;+1;-1;/p-1. The Labute approximate surface area is 364 Å². The Balaban J connectivity index is 0.00000286. The van der Waals surface area contributed by atoms with Crippen LogP contribution >= 0.6 is 11.6 Å². The molecule has 0 saturated heterocycles. The van der Waals surface area contributed by atoms with Gasteiger partial charge in [-0.2, -0.15) is 0 Å². The first-order chi connectivity index (χ1) is 24.2. The SMILES string of the molecule is C=C.C=C.C=C(NCC(c1cccc(F)c1)c1cc2c(c(-c3ccnc(C)c3Cl)n1)OCC2)c1cc(C)c(N=C(CC)C2CC2)c(C)c1.CC.[K+].[NH2-].[OH-]. The van der Waals surface area contributed by atoms with Crippen LogP contribution in [-0.2, 0) is 6.42 Å². The number of ether oxygens (including phenoxy) is 1. The molecule has 1 atom stereocenters. The maximum Gasteiger partial charge on any atom is 1.00 e. The number of rotatable bonds is 10. The Morgan fingerprint density at radius 3 is 2.26 bits per heavy atom. The zero-order valence-electron chi connectivity index (χ0n) is 32.7. The molecule has 2 aromatic heterocycles. The van der Waals surface area contributed by atoms with Gasteiger partial charge in [0.15, 0.2) is 0 Å². The largest absolute Gasteiger partial charge is 1.00 e. The molecule has 53 heavy (non-hydrogen) atoms. The van der Waals surface area contributed by atoms with Crippen LogP contribution in [0.15, 0.2) is 92.6 Å². The number of aliphatic imine (C=N–C) groups is 1. The van der Waals surface area contributed by atoms with Gasteiger partial charge in [0, 0.05) is 47.6 Å². The molecular weight excluding hydrogens is 712 g/mol. The van der Waals surface area contributed by atoms with E-state index < -0.39 is 0 Å². The summed E-state index contributed by atoms with van der Waals surface area (Å²) in [4.78, 5) is 14.5. The number of hydrogen-bond donors (Lipinski definition) is 1. The van der Waals surface area contributed by atoms with E-state index >= 15 is 0 Å². The normalized spacial score (nSPS) is 12.8. The Hall–Kier alpha value is -2.99. The number of halogens is 2. The average Bonchev–Trinajstić information content (AvgIpc) is 3.87. The first-order valence-corrected chi connectivity index (χ1v) is 17.8. The van der Waals surface area contributed by atoms with Crippen LogP contribution in [0.2, 0.25) is 5.02 Å². The zero-order valence-corrected chi connectivity index (χ0v) is 36.5. The van der Waals surface area contributed by atoms with Crippen LogP contribution in [0.25, 0.3) is 23.1 Å². The van der Waals surface area contributed by atoms with E-state index in [0.717, 1.165) is 74.7 Å². The number of nitrogens with two attached hydrogens (primary N) is 1. The fourth-order valence-corrected chi connectivity index (χ4v) is 6.28. The van der Waals surface area contributed by atoms with Crippen molar-refractivity contribution in [2.45, 2.75) is 73.1 Å². The fraction of sp³-hybridized carbons (Fsp3) is 0.326. The molecule has 1 aliphatic heterocycles. The van der Waals surface area contributed by atoms with Crippen molar-refractivity contribution in [2.75, 3.05) is 13.2 Å². The number of nitrogens with one attached hydrogen (secondary N) is 1. The summed E-state index contributed by atoms with van der Waals surface area (Å²) in [5, 5.41) is 4.10. The quantitative estimate of drug-likeness (QED) is 0.0980. The Morgan fingerprint density at radius 2 is 1.68 bits per heavy atom. The van der Waals surface area contributed by atoms with Crippen LogP contribution in [0.1, 0.15) is 85.2 Å². The summed E-state index contributed by atoms with van der Waals surface area (Å²) in [6.07, 6.45) is 5.98. The van der Waals surface area contributed by atoms with Gasteiger partial charge in [-0.15, -0.1) is 26.3 Å². The Bertz CT molecular complexity index is 1800. The van der Waals surface area contributed by atoms with Gasteiger partial charge in [0.1, 0.15) is 17.3 Å². The molecule has 0 radical (unpaired) electrons. The molecule has 0 spiro atoms. The summed E-state index contributed by atoms with van der Waals surface area (Å²) in [5.74, 6) is 0.848. The minimum absolute atomic E-state index is 0. The van der Waals surface area contributed by atoms with Gasteiger partial charge in [-0.3, -0.25) is 9.98 Å². The van der Waals surface area contributed by atoms with Gasteiger partial charge in [-0.05, 0) is 105 Å². The van der Waals surface area contributed by atoms with Gasteiger partial charge in [0.2, 0.25) is 0 Å². The number of aromatic nitrogens is 2. The average molecular weight is 767 g/mol. The van der Waals surface area contributed by atoms with Crippen molar-refractivity contribution in [1.82, 2.24) is 15.3 Å². The summed E-state index contributed by atoms with van der Waals surface area (Å²) in [7, 11) is 0. The Kier molecular flexibility index (Phi) is 23.0. The van der Waals surface area contributed by atoms with Crippen LogP contribution in [0.5, 0.6) is 5.75 Å². The van der Waals surface area contributed by atoms with E-state index in [-0.39, 0.29) is 74.7 Å². The second kappa shape index (κ2) is 24.4. The molecule has 0 amide bonds. The molecule has 0 bridgehead atoms. The molecule has 6 rings (SSSR count). The smallest absolute Gasteiger partial charge is 0.870 e. The monoisotopic (exact) mass is 766 g/mol. The molecule has 2 aliphatic rings. The molecule has 4 N–H and O–H groups in total. The predicted octanol–water partition coefficient (Wildman–Crippen LogP) is 9.26. The number of pyridine rings is 2. The first kappa shape index (κ1) is 50.0.